The molecule has 2 aromatic rings. The fourth-order valence-electron chi connectivity index (χ4n) is 2.61. The minimum atomic E-state index is -0.0781. The van der Waals surface area contributed by atoms with E-state index >= 15 is 0 Å². The summed E-state index contributed by atoms with van der Waals surface area (Å²) in [6.07, 6.45) is 2.13. The summed E-state index contributed by atoms with van der Waals surface area (Å²) in [5, 5.41) is 14.2. The number of aryl methyl sites for hydroxylation is 1. The number of amides is 1. The largest absolute Gasteiger partial charge is 0.362 e. The summed E-state index contributed by atoms with van der Waals surface area (Å²) >= 11 is 1.38. The van der Waals surface area contributed by atoms with Gasteiger partial charge >= 0.3 is 0 Å². The molecule has 0 atom stereocenters. The number of benzene rings is 1. The molecule has 21 heavy (non-hydrogen) atoms. The molecule has 0 bridgehead atoms. The maximum absolute atomic E-state index is 12.2. The van der Waals surface area contributed by atoms with Crippen molar-refractivity contribution in [2.24, 2.45) is 0 Å². The maximum atomic E-state index is 12.2. The van der Waals surface area contributed by atoms with Crippen LogP contribution in [0.15, 0.2) is 35.7 Å². The Bertz CT molecular complexity index is 702. The molecule has 0 aliphatic carbocycles. The van der Waals surface area contributed by atoms with Gasteiger partial charge in [0.1, 0.15) is 11.1 Å². The lowest BCUT2D eigenvalue weighted by atomic mass is 10.0. The van der Waals surface area contributed by atoms with Gasteiger partial charge < -0.3 is 10.2 Å². The number of hydrogen-bond acceptors (Lipinski definition) is 4. The van der Waals surface area contributed by atoms with Gasteiger partial charge in [0.25, 0.3) is 0 Å². The first-order valence-corrected chi connectivity index (χ1v) is 7.76. The number of nitrogens with zero attached hydrogens (tertiary/aromatic N) is 2. The smallest absolute Gasteiger partial charge is 0.244 e. The number of nitriles is 1. The minimum absolute atomic E-state index is 0.0781. The monoisotopic (exact) mass is 297 g/mol. The van der Waals surface area contributed by atoms with E-state index in [2.05, 4.69) is 28.4 Å². The van der Waals surface area contributed by atoms with Gasteiger partial charge in [0, 0.05) is 12.2 Å². The van der Waals surface area contributed by atoms with Gasteiger partial charge in [0.2, 0.25) is 5.91 Å². The van der Waals surface area contributed by atoms with Crippen molar-refractivity contribution < 1.29 is 4.79 Å². The molecule has 106 valence electrons. The van der Waals surface area contributed by atoms with E-state index in [4.69, 9.17) is 5.26 Å². The number of carbonyl (C=O) groups excluding carboxylic acids is 1. The molecule has 5 heteroatoms. The zero-order valence-corrected chi connectivity index (χ0v) is 12.3. The van der Waals surface area contributed by atoms with Crippen LogP contribution in [0.25, 0.3) is 0 Å². The Labute approximate surface area is 127 Å². The zero-order chi connectivity index (χ0) is 14.7. The Kier molecular flexibility index (Phi) is 3.89. The third-order valence-electron chi connectivity index (χ3n) is 3.58. The van der Waals surface area contributed by atoms with E-state index in [1.54, 1.807) is 6.07 Å². The maximum Gasteiger partial charge on any atom is 0.244 e. The van der Waals surface area contributed by atoms with Gasteiger partial charge in [-0.3, -0.25) is 4.79 Å². The lowest BCUT2D eigenvalue weighted by molar-refractivity contribution is -0.115. The van der Waals surface area contributed by atoms with E-state index in [1.807, 2.05) is 17.5 Å². The van der Waals surface area contributed by atoms with Crippen LogP contribution in [0.1, 0.15) is 17.5 Å². The lowest BCUT2D eigenvalue weighted by Crippen LogP contribution is -2.36. The number of thiophene rings is 1. The molecule has 0 spiro atoms. The molecule has 1 aromatic carbocycles. The first kappa shape index (κ1) is 13.7. The molecule has 0 saturated heterocycles. The van der Waals surface area contributed by atoms with Gasteiger partial charge in [-0.25, -0.2) is 0 Å². The molecular formula is C16H15N3OS. The molecule has 0 radical (unpaired) electrons. The summed E-state index contributed by atoms with van der Waals surface area (Å²) in [5.74, 6) is -0.0781. The average Bonchev–Trinajstić information content (AvgIpc) is 2.94. The van der Waals surface area contributed by atoms with E-state index in [-0.39, 0.29) is 5.91 Å². The average molecular weight is 297 g/mol. The number of rotatable bonds is 3. The van der Waals surface area contributed by atoms with Gasteiger partial charge in [-0.2, -0.15) is 5.26 Å². The second kappa shape index (κ2) is 5.98. The van der Waals surface area contributed by atoms with E-state index in [9.17, 15) is 4.79 Å². The predicted molar refractivity (Wildman–Crippen MR) is 84.6 cm³/mol. The summed E-state index contributed by atoms with van der Waals surface area (Å²) in [4.78, 5) is 14.3. The van der Waals surface area contributed by atoms with Crippen LogP contribution in [-0.4, -0.2) is 19.0 Å². The molecule has 2 heterocycles. The van der Waals surface area contributed by atoms with E-state index < -0.39 is 0 Å². The highest BCUT2D eigenvalue weighted by Gasteiger charge is 2.19. The van der Waals surface area contributed by atoms with E-state index in [0.29, 0.717) is 17.1 Å². The Balaban J connectivity index is 1.70. The molecular weight excluding hydrogens is 282 g/mol. The molecule has 1 amide bonds. The van der Waals surface area contributed by atoms with Gasteiger partial charge in [0.05, 0.1) is 12.1 Å². The van der Waals surface area contributed by atoms with Crippen LogP contribution in [0.2, 0.25) is 0 Å². The third kappa shape index (κ3) is 2.91. The summed E-state index contributed by atoms with van der Waals surface area (Å²) in [7, 11) is 0. The number of fused-ring (bicyclic) bond motifs is 1. The van der Waals surface area contributed by atoms with Crippen molar-refractivity contribution in [1.29, 1.82) is 5.26 Å². The number of anilines is 2. The summed E-state index contributed by atoms with van der Waals surface area (Å²) in [5.41, 5.74) is 2.96. The quantitative estimate of drug-likeness (QED) is 0.947. The molecule has 1 aromatic heterocycles. The Morgan fingerprint density at radius 1 is 1.38 bits per heavy atom. The van der Waals surface area contributed by atoms with Crippen molar-refractivity contribution in [2.45, 2.75) is 12.8 Å². The van der Waals surface area contributed by atoms with Crippen molar-refractivity contribution in [3.8, 4) is 6.07 Å². The zero-order valence-electron chi connectivity index (χ0n) is 11.5. The van der Waals surface area contributed by atoms with E-state index in [0.717, 1.165) is 25.1 Å². The predicted octanol–water partition coefficient (Wildman–Crippen LogP) is 3.01. The summed E-state index contributed by atoms with van der Waals surface area (Å²) in [6.45, 7) is 1.21. The molecule has 4 nitrogen and oxygen atoms in total. The standard InChI is InChI=1S/C16H15N3OS/c17-10-13-7-9-21-16(13)18-15(20)11-19-8-3-5-12-4-1-2-6-14(12)19/h1-2,4,6-7,9H,3,5,8,11H2,(H,18,20). The SMILES string of the molecule is N#Cc1ccsc1NC(=O)CN1CCCc2ccccc21. The van der Waals surface area contributed by atoms with Crippen molar-refractivity contribution >= 4 is 27.9 Å². The molecule has 0 saturated carbocycles. The van der Waals surface area contributed by atoms with Crippen LogP contribution >= 0.6 is 11.3 Å². The van der Waals surface area contributed by atoms with Crippen molar-refractivity contribution in [1.82, 2.24) is 0 Å². The summed E-state index contributed by atoms with van der Waals surface area (Å²) in [6, 6.07) is 12.0. The molecule has 0 unspecified atom stereocenters. The lowest BCUT2D eigenvalue weighted by Gasteiger charge is -2.30. The summed E-state index contributed by atoms with van der Waals surface area (Å²) < 4.78 is 0. The molecule has 1 aliphatic heterocycles. The van der Waals surface area contributed by atoms with E-state index in [1.165, 1.54) is 16.9 Å². The molecule has 1 N–H and O–H groups in total. The Hall–Kier alpha value is -2.32. The van der Waals surface area contributed by atoms with Crippen molar-refractivity contribution in [3.05, 3.63) is 46.8 Å². The third-order valence-corrected chi connectivity index (χ3v) is 4.41. The highest BCUT2D eigenvalue weighted by atomic mass is 32.1. The number of para-hydroxylation sites is 1. The second-order valence-electron chi connectivity index (χ2n) is 4.98. The van der Waals surface area contributed by atoms with Crippen LogP contribution in [0.4, 0.5) is 10.7 Å². The fraction of sp³-hybridized carbons (Fsp3) is 0.250. The number of nitrogens with one attached hydrogen (secondary N) is 1. The Morgan fingerprint density at radius 2 is 2.24 bits per heavy atom. The normalized spacial score (nSPS) is 13.4. The van der Waals surface area contributed by atoms with Crippen LogP contribution in [0.5, 0.6) is 0 Å². The molecule has 3 rings (SSSR count). The highest BCUT2D eigenvalue weighted by molar-refractivity contribution is 7.14. The molecule has 1 aliphatic rings. The Morgan fingerprint density at radius 3 is 3.10 bits per heavy atom. The highest BCUT2D eigenvalue weighted by Crippen LogP contribution is 2.27. The second-order valence-corrected chi connectivity index (χ2v) is 5.89. The van der Waals surface area contributed by atoms with Crippen LogP contribution in [0.3, 0.4) is 0 Å². The molecule has 0 fully saturated rings. The number of carbonyl (C=O) groups is 1. The van der Waals surface area contributed by atoms with Crippen LogP contribution in [0, 0.1) is 11.3 Å². The fourth-order valence-corrected chi connectivity index (χ4v) is 3.36. The van der Waals surface area contributed by atoms with Gasteiger partial charge in [0.15, 0.2) is 0 Å². The van der Waals surface area contributed by atoms with Crippen LogP contribution < -0.4 is 10.2 Å². The first-order valence-electron chi connectivity index (χ1n) is 6.88. The number of hydrogen-bond donors (Lipinski definition) is 1. The van der Waals surface area contributed by atoms with Gasteiger partial charge in [-0.15, -0.1) is 11.3 Å². The van der Waals surface area contributed by atoms with Crippen LogP contribution in [-0.2, 0) is 11.2 Å². The van der Waals surface area contributed by atoms with Gasteiger partial charge in [-0.05, 0) is 35.9 Å². The van der Waals surface area contributed by atoms with Gasteiger partial charge in [-0.1, -0.05) is 18.2 Å². The van der Waals surface area contributed by atoms with Crippen molar-refractivity contribution in [2.75, 3.05) is 23.3 Å². The first-order chi connectivity index (χ1) is 10.3. The topological polar surface area (TPSA) is 56.1 Å². The minimum Gasteiger partial charge on any atom is -0.362 e. The van der Waals surface area contributed by atoms with Crippen molar-refractivity contribution in [3.63, 3.8) is 0 Å².